The molecule has 1 aliphatic rings. The molecule has 12 heavy (non-hydrogen) atoms. The van der Waals surface area contributed by atoms with E-state index < -0.39 is 0 Å². The van der Waals surface area contributed by atoms with E-state index in [4.69, 9.17) is 0 Å². The van der Waals surface area contributed by atoms with Crippen molar-refractivity contribution in [1.29, 1.82) is 0 Å². The number of nitrogens with one attached hydrogen (secondary N) is 1. The first-order valence-corrected chi connectivity index (χ1v) is 4.57. The molecule has 0 aromatic heterocycles. The summed E-state index contributed by atoms with van der Waals surface area (Å²) in [6.45, 7) is 6.99. The third-order valence-corrected chi connectivity index (χ3v) is 2.18. The van der Waals surface area contributed by atoms with Crippen LogP contribution in [0.25, 0.3) is 0 Å². The topological polar surface area (TPSA) is 12.0 Å². The summed E-state index contributed by atoms with van der Waals surface area (Å²) in [5.74, 6) is 0. The van der Waals surface area contributed by atoms with Gasteiger partial charge in [-0.2, -0.15) is 0 Å². The van der Waals surface area contributed by atoms with Crippen LogP contribution in [0, 0.1) is 0 Å². The van der Waals surface area contributed by atoms with Crippen LogP contribution >= 0.6 is 0 Å². The number of allylic oxidation sites excluding steroid dienone is 3. The van der Waals surface area contributed by atoms with Gasteiger partial charge in [0, 0.05) is 6.04 Å². The molecule has 1 heteroatoms. The van der Waals surface area contributed by atoms with Gasteiger partial charge in [-0.3, -0.25) is 0 Å². The maximum atomic E-state index is 3.82. The van der Waals surface area contributed by atoms with Crippen LogP contribution in [0.2, 0.25) is 0 Å². The molecular formula is C11H17N. The van der Waals surface area contributed by atoms with Crippen molar-refractivity contribution in [2.75, 3.05) is 6.54 Å². The zero-order chi connectivity index (χ0) is 8.81. The van der Waals surface area contributed by atoms with Crippen LogP contribution in [-0.4, -0.2) is 12.6 Å². The lowest BCUT2D eigenvalue weighted by atomic mass is 10.1. The van der Waals surface area contributed by atoms with Crippen molar-refractivity contribution in [3.63, 3.8) is 0 Å². The van der Waals surface area contributed by atoms with Crippen LogP contribution in [0.15, 0.2) is 36.5 Å². The summed E-state index contributed by atoms with van der Waals surface area (Å²) in [6, 6.07) is 0.540. The largest absolute Gasteiger partial charge is 0.310 e. The van der Waals surface area contributed by atoms with Gasteiger partial charge in [-0.15, -0.1) is 0 Å². The van der Waals surface area contributed by atoms with E-state index in [1.807, 2.05) is 19.1 Å². The zero-order valence-corrected chi connectivity index (χ0v) is 7.72. The maximum absolute atomic E-state index is 3.82. The Kier molecular flexibility index (Phi) is 3.81. The fraction of sp³-hybridized carbons (Fsp3) is 0.455. The summed E-state index contributed by atoms with van der Waals surface area (Å²) in [5, 5.41) is 3.44. The van der Waals surface area contributed by atoms with Crippen LogP contribution in [0.1, 0.15) is 19.8 Å². The molecule has 1 fully saturated rings. The van der Waals surface area contributed by atoms with Crippen molar-refractivity contribution >= 4 is 0 Å². The molecule has 0 aromatic carbocycles. The minimum absolute atomic E-state index is 0.540. The average Bonchev–Trinajstić information content (AvgIpc) is 2.59. The standard InChI is InChI=1S/C11H17N/c1-3-5-7-10(4-2)11-8-6-9-12-11/h3-5,7,11-12H,2,6,8-9H2,1H3/b5-3-,10-7+. The van der Waals surface area contributed by atoms with Gasteiger partial charge < -0.3 is 5.32 Å². The number of rotatable bonds is 3. The zero-order valence-electron chi connectivity index (χ0n) is 7.72. The fourth-order valence-corrected chi connectivity index (χ4v) is 1.50. The van der Waals surface area contributed by atoms with Gasteiger partial charge in [0.15, 0.2) is 0 Å². The molecule has 1 saturated heterocycles. The molecule has 66 valence electrons. The summed E-state index contributed by atoms with van der Waals surface area (Å²) in [7, 11) is 0. The van der Waals surface area contributed by atoms with Crippen molar-refractivity contribution in [3.05, 3.63) is 36.5 Å². The minimum Gasteiger partial charge on any atom is -0.310 e. The summed E-state index contributed by atoms with van der Waals surface area (Å²) >= 11 is 0. The molecular weight excluding hydrogens is 146 g/mol. The molecule has 0 spiro atoms. The van der Waals surface area contributed by atoms with E-state index in [0.717, 1.165) is 6.54 Å². The first kappa shape index (κ1) is 9.27. The van der Waals surface area contributed by atoms with Crippen molar-refractivity contribution in [3.8, 4) is 0 Å². The van der Waals surface area contributed by atoms with Gasteiger partial charge in [-0.25, -0.2) is 0 Å². The SMILES string of the molecule is C=C/C(=C\C=C/C)C1CCCN1. The monoisotopic (exact) mass is 163 g/mol. The molecule has 1 aliphatic heterocycles. The lowest BCUT2D eigenvalue weighted by Crippen LogP contribution is -2.22. The first-order valence-electron chi connectivity index (χ1n) is 4.57. The molecule has 0 saturated carbocycles. The Labute approximate surface area is 74.9 Å². The van der Waals surface area contributed by atoms with Gasteiger partial charge in [0.1, 0.15) is 0 Å². The number of hydrogen-bond donors (Lipinski definition) is 1. The Morgan fingerprint density at radius 2 is 2.42 bits per heavy atom. The second-order valence-corrected chi connectivity index (χ2v) is 3.05. The first-order chi connectivity index (χ1) is 5.88. The summed E-state index contributed by atoms with van der Waals surface area (Å²) in [4.78, 5) is 0. The minimum atomic E-state index is 0.540. The molecule has 1 rings (SSSR count). The van der Waals surface area contributed by atoms with Crippen molar-refractivity contribution in [2.45, 2.75) is 25.8 Å². The highest BCUT2D eigenvalue weighted by Crippen LogP contribution is 2.14. The Morgan fingerprint density at radius 1 is 1.58 bits per heavy atom. The van der Waals surface area contributed by atoms with Crippen molar-refractivity contribution in [1.82, 2.24) is 5.32 Å². The molecule has 0 bridgehead atoms. The van der Waals surface area contributed by atoms with Gasteiger partial charge in [-0.1, -0.05) is 30.9 Å². The molecule has 1 unspecified atom stereocenters. The predicted molar refractivity (Wildman–Crippen MR) is 54.1 cm³/mol. The van der Waals surface area contributed by atoms with Crippen LogP contribution in [0.3, 0.4) is 0 Å². The van der Waals surface area contributed by atoms with E-state index in [1.54, 1.807) is 0 Å². The predicted octanol–water partition coefficient (Wildman–Crippen LogP) is 2.43. The molecule has 0 aliphatic carbocycles. The second kappa shape index (κ2) is 4.94. The molecule has 0 radical (unpaired) electrons. The Bertz CT molecular complexity index is 195. The molecule has 1 atom stereocenters. The summed E-state index contributed by atoms with van der Waals surface area (Å²) < 4.78 is 0. The Morgan fingerprint density at radius 3 is 2.92 bits per heavy atom. The van der Waals surface area contributed by atoms with Crippen molar-refractivity contribution in [2.24, 2.45) is 0 Å². The second-order valence-electron chi connectivity index (χ2n) is 3.05. The van der Waals surface area contributed by atoms with Crippen molar-refractivity contribution < 1.29 is 0 Å². The quantitative estimate of drug-likeness (QED) is 0.630. The van der Waals surface area contributed by atoms with E-state index in [9.17, 15) is 0 Å². The van der Waals surface area contributed by atoms with E-state index in [-0.39, 0.29) is 0 Å². The third-order valence-electron chi connectivity index (χ3n) is 2.18. The van der Waals surface area contributed by atoms with E-state index in [0.29, 0.717) is 6.04 Å². The Balaban J connectivity index is 2.59. The van der Waals surface area contributed by atoms with Gasteiger partial charge in [-0.05, 0) is 31.9 Å². The average molecular weight is 163 g/mol. The third kappa shape index (κ3) is 2.35. The highest BCUT2D eigenvalue weighted by molar-refractivity contribution is 5.27. The lowest BCUT2D eigenvalue weighted by molar-refractivity contribution is 0.703. The molecule has 0 aromatic rings. The summed E-state index contributed by atoms with van der Waals surface area (Å²) in [5.41, 5.74) is 1.31. The highest BCUT2D eigenvalue weighted by Gasteiger charge is 2.15. The van der Waals surface area contributed by atoms with Crippen LogP contribution in [0.4, 0.5) is 0 Å². The fourth-order valence-electron chi connectivity index (χ4n) is 1.50. The van der Waals surface area contributed by atoms with Gasteiger partial charge >= 0.3 is 0 Å². The summed E-state index contributed by atoms with van der Waals surface area (Å²) in [6.07, 6.45) is 10.7. The van der Waals surface area contributed by atoms with E-state index in [2.05, 4.69) is 24.0 Å². The molecule has 1 nitrogen and oxygen atoms in total. The Hall–Kier alpha value is -0.820. The maximum Gasteiger partial charge on any atom is 0.0320 e. The molecule has 0 amide bonds. The van der Waals surface area contributed by atoms with Gasteiger partial charge in [0.05, 0.1) is 0 Å². The van der Waals surface area contributed by atoms with Gasteiger partial charge in [0.2, 0.25) is 0 Å². The lowest BCUT2D eigenvalue weighted by Gasteiger charge is -2.09. The van der Waals surface area contributed by atoms with E-state index in [1.165, 1.54) is 18.4 Å². The smallest absolute Gasteiger partial charge is 0.0320 e. The van der Waals surface area contributed by atoms with Crippen LogP contribution in [0.5, 0.6) is 0 Å². The molecule has 1 heterocycles. The van der Waals surface area contributed by atoms with Crippen LogP contribution < -0.4 is 5.32 Å². The van der Waals surface area contributed by atoms with Gasteiger partial charge in [0.25, 0.3) is 0 Å². The van der Waals surface area contributed by atoms with E-state index >= 15 is 0 Å². The normalized spacial score (nSPS) is 25.1. The molecule has 1 N–H and O–H groups in total. The van der Waals surface area contributed by atoms with Crippen LogP contribution in [-0.2, 0) is 0 Å². The highest BCUT2D eigenvalue weighted by atomic mass is 14.9. The number of hydrogen-bond acceptors (Lipinski definition) is 1.